The molecule has 0 spiro atoms. The van der Waals surface area contributed by atoms with Crippen LogP contribution in [-0.4, -0.2) is 36.2 Å². The topological polar surface area (TPSA) is 70.1 Å². The molecule has 0 aliphatic heterocycles. The van der Waals surface area contributed by atoms with Crippen molar-refractivity contribution in [2.24, 2.45) is 0 Å². The van der Waals surface area contributed by atoms with Crippen molar-refractivity contribution in [1.82, 2.24) is 29.1 Å². The number of aryl methyl sites for hydroxylation is 2. The molecule has 0 aliphatic carbocycles. The van der Waals surface area contributed by atoms with Gasteiger partial charge in [-0.1, -0.05) is 35.5 Å². The van der Waals surface area contributed by atoms with Crippen LogP contribution in [-0.2, 0) is 5.75 Å². The Hall–Kier alpha value is -3.36. The molecule has 5 aromatic rings. The minimum atomic E-state index is 0.624. The number of imidazole rings is 1. The number of halogens is 1. The maximum atomic E-state index is 6.14. The molecule has 0 saturated heterocycles. The number of rotatable bonds is 6. The molecule has 7 nitrogen and oxygen atoms in total. The van der Waals surface area contributed by atoms with Crippen molar-refractivity contribution < 1.29 is 4.74 Å². The van der Waals surface area contributed by atoms with Crippen molar-refractivity contribution in [1.29, 1.82) is 0 Å². The quantitative estimate of drug-likeness (QED) is 0.299. The number of para-hydroxylation sites is 1. The molecular weight excluding hydrogens is 456 g/mol. The number of ether oxygens (including phenoxy) is 1. The number of hydrogen-bond donors (Lipinski definition) is 0. The van der Waals surface area contributed by atoms with Crippen LogP contribution in [0.4, 0.5) is 0 Å². The molecule has 2 aromatic carbocycles. The minimum Gasteiger partial charge on any atom is -0.496 e. The maximum Gasteiger partial charge on any atom is 0.234 e. The molecule has 0 saturated carbocycles. The molecule has 9 heteroatoms. The molecular formula is C24H21ClN6OS. The van der Waals surface area contributed by atoms with E-state index >= 15 is 0 Å². The van der Waals surface area contributed by atoms with Crippen molar-refractivity contribution in [3.05, 3.63) is 82.9 Å². The van der Waals surface area contributed by atoms with Crippen LogP contribution < -0.4 is 4.74 Å². The largest absolute Gasteiger partial charge is 0.496 e. The summed E-state index contributed by atoms with van der Waals surface area (Å²) in [6.07, 6.45) is 2.02. The third-order valence-corrected chi connectivity index (χ3v) is 6.44. The first kappa shape index (κ1) is 21.5. The van der Waals surface area contributed by atoms with Gasteiger partial charge in [-0.15, -0.1) is 10.2 Å². The monoisotopic (exact) mass is 476 g/mol. The normalized spacial score (nSPS) is 11.3. The molecule has 0 unspecified atom stereocenters. The van der Waals surface area contributed by atoms with E-state index in [9.17, 15) is 0 Å². The van der Waals surface area contributed by atoms with Gasteiger partial charge in [0.15, 0.2) is 11.0 Å². The molecule has 166 valence electrons. The SMILES string of the molecule is COc1ccccc1-c1nnc(SCc2cn3c(C)cc(C)nc3n2)n1-c1ccc(Cl)cc1. The van der Waals surface area contributed by atoms with Crippen LogP contribution in [0.3, 0.4) is 0 Å². The van der Waals surface area contributed by atoms with Crippen molar-refractivity contribution >= 4 is 29.1 Å². The highest BCUT2D eigenvalue weighted by molar-refractivity contribution is 7.98. The van der Waals surface area contributed by atoms with Gasteiger partial charge >= 0.3 is 0 Å². The molecule has 0 N–H and O–H groups in total. The van der Waals surface area contributed by atoms with Gasteiger partial charge in [0.1, 0.15) is 5.75 Å². The van der Waals surface area contributed by atoms with E-state index in [2.05, 4.69) is 22.1 Å². The van der Waals surface area contributed by atoms with E-state index in [1.54, 1.807) is 18.9 Å². The third-order valence-electron chi connectivity index (χ3n) is 5.23. The van der Waals surface area contributed by atoms with Crippen LogP contribution in [0.15, 0.2) is 66.0 Å². The molecule has 0 radical (unpaired) electrons. The summed E-state index contributed by atoms with van der Waals surface area (Å²) < 4.78 is 9.60. The fraction of sp³-hybridized carbons (Fsp3) is 0.167. The molecule has 5 rings (SSSR count). The Morgan fingerprint density at radius 1 is 1.00 bits per heavy atom. The molecule has 0 aliphatic rings. The third kappa shape index (κ3) is 4.19. The van der Waals surface area contributed by atoms with E-state index in [1.165, 1.54) is 0 Å². The molecule has 0 fully saturated rings. The van der Waals surface area contributed by atoms with Gasteiger partial charge in [-0.05, 0) is 56.3 Å². The second kappa shape index (κ2) is 8.88. The van der Waals surface area contributed by atoms with Crippen molar-refractivity contribution in [2.75, 3.05) is 7.11 Å². The van der Waals surface area contributed by atoms with Crippen LogP contribution in [0.25, 0.3) is 22.9 Å². The lowest BCUT2D eigenvalue weighted by Crippen LogP contribution is -2.01. The second-order valence-corrected chi connectivity index (χ2v) is 8.93. The summed E-state index contributed by atoms with van der Waals surface area (Å²) in [7, 11) is 1.65. The van der Waals surface area contributed by atoms with Crippen molar-refractivity contribution in [3.63, 3.8) is 0 Å². The van der Waals surface area contributed by atoms with E-state index in [1.807, 2.05) is 76.7 Å². The number of benzene rings is 2. The maximum absolute atomic E-state index is 6.14. The lowest BCUT2D eigenvalue weighted by atomic mass is 10.2. The highest BCUT2D eigenvalue weighted by Crippen LogP contribution is 2.34. The Labute approximate surface area is 200 Å². The summed E-state index contributed by atoms with van der Waals surface area (Å²) in [4.78, 5) is 9.22. The van der Waals surface area contributed by atoms with Gasteiger partial charge in [0, 0.05) is 34.0 Å². The molecule has 0 amide bonds. The Kier molecular flexibility index (Phi) is 5.78. The van der Waals surface area contributed by atoms with Gasteiger partial charge in [-0.2, -0.15) is 0 Å². The smallest absolute Gasteiger partial charge is 0.234 e. The van der Waals surface area contributed by atoms with Gasteiger partial charge in [0.2, 0.25) is 5.78 Å². The predicted octanol–water partition coefficient (Wildman–Crippen LogP) is 5.55. The van der Waals surface area contributed by atoms with Crippen LogP contribution in [0, 0.1) is 13.8 Å². The zero-order chi connectivity index (χ0) is 22.9. The number of nitrogens with zero attached hydrogens (tertiary/aromatic N) is 6. The van der Waals surface area contributed by atoms with Gasteiger partial charge in [-0.25, -0.2) is 9.97 Å². The number of aromatic nitrogens is 6. The van der Waals surface area contributed by atoms with E-state index in [0.717, 1.165) is 39.2 Å². The summed E-state index contributed by atoms with van der Waals surface area (Å²) in [6.45, 7) is 4.03. The van der Waals surface area contributed by atoms with Crippen LogP contribution >= 0.6 is 23.4 Å². The van der Waals surface area contributed by atoms with E-state index in [4.69, 9.17) is 21.3 Å². The number of fused-ring (bicyclic) bond motifs is 1. The summed E-state index contributed by atoms with van der Waals surface area (Å²) in [5.41, 5.74) is 4.75. The van der Waals surface area contributed by atoms with E-state index < -0.39 is 0 Å². The molecule has 3 aromatic heterocycles. The van der Waals surface area contributed by atoms with Crippen molar-refractivity contribution in [2.45, 2.75) is 24.8 Å². The average molecular weight is 477 g/mol. The first-order valence-corrected chi connectivity index (χ1v) is 11.7. The Bertz CT molecular complexity index is 1440. The van der Waals surface area contributed by atoms with Crippen molar-refractivity contribution in [3.8, 4) is 22.8 Å². The van der Waals surface area contributed by atoms with Gasteiger partial charge < -0.3 is 4.74 Å². The molecule has 0 atom stereocenters. The first-order valence-electron chi connectivity index (χ1n) is 10.3. The van der Waals surface area contributed by atoms with Crippen LogP contribution in [0.2, 0.25) is 5.02 Å². The average Bonchev–Trinajstić information content (AvgIpc) is 3.42. The highest BCUT2D eigenvalue weighted by Gasteiger charge is 2.19. The molecule has 3 heterocycles. The fourth-order valence-electron chi connectivity index (χ4n) is 3.72. The van der Waals surface area contributed by atoms with Crippen LogP contribution in [0.1, 0.15) is 17.1 Å². The number of thioether (sulfide) groups is 1. The molecule has 33 heavy (non-hydrogen) atoms. The van der Waals surface area contributed by atoms with E-state index in [-0.39, 0.29) is 0 Å². The summed E-state index contributed by atoms with van der Waals surface area (Å²) in [6, 6.07) is 17.4. The Morgan fingerprint density at radius 2 is 1.79 bits per heavy atom. The zero-order valence-electron chi connectivity index (χ0n) is 18.4. The lowest BCUT2D eigenvalue weighted by molar-refractivity contribution is 0.416. The van der Waals surface area contributed by atoms with Crippen LogP contribution in [0.5, 0.6) is 5.75 Å². The van der Waals surface area contributed by atoms with Gasteiger partial charge in [0.05, 0.1) is 18.4 Å². The minimum absolute atomic E-state index is 0.624. The Balaban J connectivity index is 1.54. The Morgan fingerprint density at radius 3 is 2.58 bits per heavy atom. The zero-order valence-corrected chi connectivity index (χ0v) is 19.9. The highest BCUT2D eigenvalue weighted by atomic mass is 35.5. The second-order valence-electron chi connectivity index (χ2n) is 7.55. The number of methoxy groups -OCH3 is 1. The number of hydrogen-bond acceptors (Lipinski definition) is 6. The summed E-state index contributed by atoms with van der Waals surface area (Å²) >= 11 is 7.70. The summed E-state index contributed by atoms with van der Waals surface area (Å²) in [5.74, 6) is 2.76. The first-order chi connectivity index (χ1) is 16.0. The van der Waals surface area contributed by atoms with Gasteiger partial charge in [0.25, 0.3) is 0 Å². The fourth-order valence-corrected chi connectivity index (χ4v) is 4.68. The summed E-state index contributed by atoms with van der Waals surface area (Å²) in [5, 5.41) is 10.4. The predicted molar refractivity (Wildman–Crippen MR) is 130 cm³/mol. The lowest BCUT2D eigenvalue weighted by Gasteiger charge is -2.12. The van der Waals surface area contributed by atoms with E-state index in [0.29, 0.717) is 22.4 Å². The molecule has 0 bridgehead atoms. The standard InChI is InChI=1S/C24H21ClN6OS/c1-15-12-16(2)30-13-18(27-23(30)26-15)14-33-24-29-28-22(20-6-4-5-7-21(20)32-3)31(24)19-10-8-17(25)9-11-19/h4-13H,14H2,1-3H3. The van der Waals surface area contributed by atoms with Gasteiger partial charge in [-0.3, -0.25) is 8.97 Å².